The normalized spacial score (nSPS) is 15.1. The highest BCUT2D eigenvalue weighted by Gasteiger charge is 2.43. The number of phenolic OH excluding ortho intramolecular Hbond substituents is 1. The molecule has 1 N–H and O–H groups in total. The van der Waals surface area contributed by atoms with Gasteiger partial charge in [-0.3, -0.25) is 14.6 Å². The molecule has 0 saturated heterocycles. The van der Waals surface area contributed by atoms with E-state index in [1.807, 2.05) is 32.9 Å². The molecule has 34 heavy (non-hydrogen) atoms. The van der Waals surface area contributed by atoms with Gasteiger partial charge in [-0.25, -0.2) is 0 Å². The number of rotatable bonds is 5. The van der Waals surface area contributed by atoms with Crippen molar-refractivity contribution in [2.45, 2.75) is 33.4 Å². The highest BCUT2D eigenvalue weighted by Crippen LogP contribution is 2.41. The maximum Gasteiger partial charge on any atom is 0.291 e. The Balaban J connectivity index is 1.76. The number of nitrogens with zero attached hydrogens (tertiary/aromatic N) is 2. The molecule has 0 aliphatic carbocycles. The SMILES string of the molecule is CCOc1cc([C@H]2c3c(oc4c(C)cc(C)cc4c3=O)C(=O)N2Cc2cccnc2)ccc1O. The van der Waals surface area contributed by atoms with Crippen molar-refractivity contribution in [3.63, 3.8) is 0 Å². The number of carbonyl (C=O) groups excluding carboxylic acids is 1. The third kappa shape index (κ3) is 3.50. The number of carbonyl (C=O) groups is 1. The fourth-order valence-corrected chi connectivity index (χ4v) is 4.64. The third-order valence-electron chi connectivity index (χ3n) is 6.07. The highest BCUT2D eigenvalue weighted by atomic mass is 16.5. The second kappa shape index (κ2) is 8.33. The lowest BCUT2D eigenvalue weighted by molar-refractivity contribution is 0.0714. The molecule has 0 saturated carbocycles. The van der Waals surface area contributed by atoms with Crippen LogP contribution in [0.5, 0.6) is 11.5 Å². The summed E-state index contributed by atoms with van der Waals surface area (Å²) in [5.74, 6) is -0.0388. The fraction of sp³-hybridized carbons (Fsp3) is 0.222. The molecule has 0 unspecified atom stereocenters. The molecule has 0 spiro atoms. The van der Waals surface area contributed by atoms with Crippen LogP contribution in [0.2, 0.25) is 0 Å². The van der Waals surface area contributed by atoms with E-state index in [2.05, 4.69) is 4.98 Å². The summed E-state index contributed by atoms with van der Waals surface area (Å²) in [6, 6.07) is 11.6. The van der Waals surface area contributed by atoms with E-state index in [4.69, 9.17) is 9.15 Å². The number of aromatic hydroxyl groups is 1. The summed E-state index contributed by atoms with van der Waals surface area (Å²) in [7, 11) is 0. The number of aromatic nitrogens is 1. The van der Waals surface area contributed by atoms with Gasteiger partial charge in [0, 0.05) is 18.9 Å². The van der Waals surface area contributed by atoms with E-state index in [0.29, 0.717) is 34.5 Å². The van der Waals surface area contributed by atoms with Gasteiger partial charge < -0.3 is 19.2 Å². The molecule has 1 atom stereocenters. The summed E-state index contributed by atoms with van der Waals surface area (Å²) in [4.78, 5) is 33.2. The average Bonchev–Trinajstić information content (AvgIpc) is 3.09. The van der Waals surface area contributed by atoms with Crippen molar-refractivity contribution < 1.29 is 19.1 Å². The summed E-state index contributed by atoms with van der Waals surface area (Å²) in [5.41, 5.74) is 3.68. The number of hydrogen-bond donors (Lipinski definition) is 1. The van der Waals surface area contributed by atoms with Gasteiger partial charge in [-0.2, -0.15) is 0 Å². The van der Waals surface area contributed by atoms with Crippen LogP contribution in [-0.4, -0.2) is 27.5 Å². The molecule has 1 aliphatic rings. The molecule has 172 valence electrons. The minimum atomic E-state index is -0.705. The number of amides is 1. The van der Waals surface area contributed by atoms with E-state index in [-0.39, 0.29) is 29.4 Å². The fourth-order valence-electron chi connectivity index (χ4n) is 4.64. The largest absolute Gasteiger partial charge is 0.504 e. The Morgan fingerprint density at radius 1 is 1.15 bits per heavy atom. The number of ether oxygens (including phenoxy) is 1. The number of aryl methyl sites for hydroxylation is 2. The van der Waals surface area contributed by atoms with Crippen molar-refractivity contribution in [3.8, 4) is 11.5 Å². The van der Waals surface area contributed by atoms with Crippen LogP contribution in [0.15, 0.2) is 64.1 Å². The topological polar surface area (TPSA) is 92.9 Å². The van der Waals surface area contributed by atoms with Crippen LogP contribution in [0.25, 0.3) is 11.0 Å². The van der Waals surface area contributed by atoms with Crippen molar-refractivity contribution in [3.05, 3.63) is 98.7 Å². The van der Waals surface area contributed by atoms with Crippen molar-refractivity contribution >= 4 is 16.9 Å². The molecule has 0 bridgehead atoms. The van der Waals surface area contributed by atoms with Crippen LogP contribution in [0, 0.1) is 13.8 Å². The number of hydrogen-bond acceptors (Lipinski definition) is 6. The maximum absolute atomic E-state index is 13.8. The summed E-state index contributed by atoms with van der Waals surface area (Å²) >= 11 is 0. The smallest absolute Gasteiger partial charge is 0.291 e. The molecule has 7 nitrogen and oxygen atoms in total. The van der Waals surface area contributed by atoms with E-state index in [0.717, 1.165) is 16.7 Å². The lowest BCUT2D eigenvalue weighted by Gasteiger charge is -2.25. The first-order valence-corrected chi connectivity index (χ1v) is 11.1. The first-order valence-electron chi connectivity index (χ1n) is 11.1. The van der Waals surface area contributed by atoms with Gasteiger partial charge in [0.25, 0.3) is 5.91 Å². The average molecular weight is 456 g/mol. The molecule has 5 rings (SSSR count). The third-order valence-corrected chi connectivity index (χ3v) is 6.07. The Labute approximate surface area is 196 Å². The molecular formula is C27H24N2O5. The monoisotopic (exact) mass is 456 g/mol. The Morgan fingerprint density at radius 2 is 1.97 bits per heavy atom. The van der Waals surface area contributed by atoms with E-state index in [9.17, 15) is 14.7 Å². The van der Waals surface area contributed by atoms with Gasteiger partial charge in [-0.05, 0) is 67.3 Å². The minimum Gasteiger partial charge on any atom is -0.504 e. The van der Waals surface area contributed by atoms with Gasteiger partial charge in [0.2, 0.25) is 5.76 Å². The van der Waals surface area contributed by atoms with Gasteiger partial charge in [0.15, 0.2) is 16.9 Å². The van der Waals surface area contributed by atoms with Crippen molar-refractivity contribution in [2.24, 2.45) is 0 Å². The van der Waals surface area contributed by atoms with Crippen LogP contribution >= 0.6 is 0 Å². The standard InChI is InChI=1S/C27H24N2O5/c1-4-33-21-12-18(7-8-20(21)30)23-22-24(31)19-11-15(2)10-16(3)25(19)34-26(22)27(32)29(23)14-17-6-5-9-28-13-17/h5-13,23,30H,4,14H2,1-3H3/t23-/m0/s1. The summed E-state index contributed by atoms with van der Waals surface area (Å²) < 4.78 is 11.7. The number of phenols is 1. The lowest BCUT2D eigenvalue weighted by atomic mass is 9.97. The van der Waals surface area contributed by atoms with E-state index in [1.54, 1.807) is 41.6 Å². The Bertz CT molecular complexity index is 1480. The summed E-state index contributed by atoms with van der Waals surface area (Å²) in [6.07, 6.45) is 3.35. The second-order valence-electron chi connectivity index (χ2n) is 8.49. The van der Waals surface area contributed by atoms with Crippen LogP contribution in [0.1, 0.15) is 51.3 Å². The zero-order valence-electron chi connectivity index (χ0n) is 19.2. The number of pyridine rings is 1. The van der Waals surface area contributed by atoms with Crippen LogP contribution in [0.3, 0.4) is 0 Å². The minimum absolute atomic E-state index is 0.00856. The Morgan fingerprint density at radius 3 is 2.71 bits per heavy atom. The summed E-state index contributed by atoms with van der Waals surface area (Å²) in [5, 5.41) is 10.7. The van der Waals surface area contributed by atoms with Crippen molar-refractivity contribution in [1.29, 1.82) is 0 Å². The Hall–Kier alpha value is -4.13. The van der Waals surface area contributed by atoms with Crippen LogP contribution in [-0.2, 0) is 6.54 Å². The molecule has 4 aromatic rings. The van der Waals surface area contributed by atoms with Crippen LogP contribution < -0.4 is 10.2 Å². The van der Waals surface area contributed by atoms with Crippen molar-refractivity contribution in [1.82, 2.24) is 9.88 Å². The van der Waals surface area contributed by atoms with Gasteiger partial charge in [0.05, 0.1) is 23.6 Å². The predicted octanol–water partition coefficient (Wildman–Crippen LogP) is 4.65. The maximum atomic E-state index is 13.8. The molecular weight excluding hydrogens is 432 g/mol. The predicted molar refractivity (Wildman–Crippen MR) is 127 cm³/mol. The highest BCUT2D eigenvalue weighted by molar-refractivity contribution is 5.99. The zero-order chi connectivity index (χ0) is 24.0. The number of benzene rings is 2. The molecule has 2 aromatic carbocycles. The van der Waals surface area contributed by atoms with E-state index in [1.165, 1.54) is 6.07 Å². The molecule has 0 radical (unpaired) electrons. The van der Waals surface area contributed by atoms with Gasteiger partial charge in [-0.15, -0.1) is 0 Å². The van der Waals surface area contributed by atoms with Crippen molar-refractivity contribution in [2.75, 3.05) is 6.61 Å². The molecule has 3 heterocycles. The first kappa shape index (κ1) is 21.7. The van der Waals surface area contributed by atoms with Gasteiger partial charge >= 0.3 is 0 Å². The number of fused-ring (bicyclic) bond motifs is 2. The second-order valence-corrected chi connectivity index (χ2v) is 8.49. The van der Waals surface area contributed by atoms with Gasteiger partial charge in [-0.1, -0.05) is 18.2 Å². The van der Waals surface area contributed by atoms with Crippen LogP contribution in [0.4, 0.5) is 0 Å². The van der Waals surface area contributed by atoms with E-state index < -0.39 is 6.04 Å². The molecule has 1 aliphatic heterocycles. The first-order chi connectivity index (χ1) is 16.4. The Kier molecular flexibility index (Phi) is 5.32. The van der Waals surface area contributed by atoms with E-state index >= 15 is 0 Å². The summed E-state index contributed by atoms with van der Waals surface area (Å²) in [6.45, 7) is 6.21. The lowest BCUT2D eigenvalue weighted by Crippen LogP contribution is -2.29. The molecule has 2 aromatic heterocycles. The zero-order valence-corrected chi connectivity index (χ0v) is 19.2. The molecule has 7 heteroatoms. The molecule has 1 amide bonds. The molecule has 0 fully saturated rings. The quantitative estimate of drug-likeness (QED) is 0.470. The van der Waals surface area contributed by atoms with Gasteiger partial charge in [0.1, 0.15) is 5.58 Å².